The van der Waals surface area contributed by atoms with Gasteiger partial charge < -0.3 is 11.1 Å². The molecule has 1 heterocycles. The monoisotopic (exact) mass is 410 g/mol. The lowest BCUT2D eigenvalue weighted by Crippen LogP contribution is -2.55. The molecular formula is C24H30N2O2S. The molecule has 1 aromatic carbocycles. The fourth-order valence-corrected chi connectivity index (χ4v) is 8.17. The van der Waals surface area contributed by atoms with Crippen molar-refractivity contribution < 1.29 is 9.59 Å². The molecule has 1 unspecified atom stereocenters. The van der Waals surface area contributed by atoms with Gasteiger partial charge in [0, 0.05) is 28.8 Å². The first-order chi connectivity index (χ1) is 13.8. The number of amides is 1. The molecule has 0 radical (unpaired) electrons. The molecule has 3 N–H and O–H groups in total. The average molecular weight is 411 g/mol. The Kier molecular flexibility index (Phi) is 4.39. The number of nitrogens with two attached hydrogens (primary N) is 1. The van der Waals surface area contributed by atoms with Gasteiger partial charge in [-0.3, -0.25) is 9.59 Å². The van der Waals surface area contributed by atoms with Gasteiger partial charge in [0.1, 0.15) is 0 Å². The van der Waals surface area contributed by atoms with Crippen molar-refractivity contribution in [3.63, 3.8) is 0 Å². The van der Waals surface area contributed by atoms with Crippen molar-refractivity contribution in [3.8, 4) is 0 Å². The van der Waals surface area contributed by atoms with Crippen LogP contribution in [-0.2, 0) is 9.59 Å². The molecule has 3 aliphatic carbocycles. The lowest BCUT2D eigenvalue weighted by molar-refractivity contribution is -0.133. The van der Waals surface area contributed by atoms with Gasteiger partial charge in [0.15, 0.2) is 5.78 Å². The zero-order valence-corrected chi connectivity index (χ0v) is 18.1. The number of benzene rings is 1. The lowest BCUT2D eigenvalue weighted by Gasteiger charge is -2.58. The van der Waals surface area contributed by atoms with Gasteiger partial charge in [-0.25, -0.2) is 0 Å². The normalized spacial score (nSPS) is 41.1. The van der Waals surface area contributed by atoms with E-state index in [4.69, 9.17) is 5.73 Å². The van der Waals surface area contributed by atoms with E-state index in [2.05, 4.69) is 31.3 Å². The number of anilines is 1. The summed E-state index contributed by atoms with van der Waals surface area (Å²) in [6.45, 7) is 5.36. The molecule has 154 valence electrons. The second kappa shape index (κ2) is 6.63. The SMILES string of the molecule is C[C@]12CCC(=O)C=C1CC(Sc1ccc(N)cc1)[C@@H]1[C@H]2CC[C@]2(C)C(=O)NC[C@@H]12. The predicted molar refractivity (Wildman–Crippen MR) is 116 cm³/mol. The molecular weight excluding hydrogens is 380 g/mol. The van der Waals surface area contributed by atoms with Crippen LogP contribution in [-0.4, -0.2) is 23.5 Å². The van der Waals surface area contributed by atoms with Crippen molar-refractivity contribution in [2.75, 3.05) is 12.3 Å². The summed E-state index contributed by atoms with van der Waals surface area (Å²) in [7, 11) is 0. The summed E-state index contributed by atoms with van der Waals surface area (Å²) >= 11 is 1.92. The zero-order valence-electron chi connectivity index (χ0n) is 17.2. The fraction of sp³-hybridized carbons (Fsp3) is 0.583. The zero-order chi connectivity index (χ0) is 20.4. The summed E-state index contributed by atoms with van der Waals surface area (Å²) in [5, 5.41) is 3.57. The molecule has 1 aromatic rings. The van der Waals surface area contributed by atoms with Crippen molar-refractivity contribution >= 4 is 29.1 Å². The van der Waals surface area contributed by atoms with Gasteiger partial charge in [-0.05, 0) is 79.2 Å². The Balaban J connectivity index is 1.56. The van der Waals surface area contributed by atoms with E-state index in [1.807, 2.05) is 30.0 Å². The van der Waals surface area contributed by atoms with E-state index in [0.29, 0.717) is 29.4 Å². The van der Waals surface area contributed by atoms with E-state index >= 15 is 0 Å². The Labute approximate surface area is 177 Å². The summed E-state index contributed by atoms with van der Waals surface area (Å²) < 4.78 is 0. The van der Waals surface area contributed by atoms with Crippen LogP contribution in [0, 0.1) is 28.6 Å². The average Bonchev–Trinajstić information content (AvgIpc) is 3.00. The number of rotatable bonds is 2. The number of nitrogens with one attached hydrogen (secondary N) is 1. The van der Waals surface area contributed by atoms with Gasteiger partial charge in [0.25, 0.3) is 0 Å². The Bertz CT molecular complexity index is 895. The highest BCUT2D eigenvalue weighted by Crippen LogP contribution is 2.64. The third-order valence-electron chi connectivity index (χ3n) is 8.52. The molecule has 29 heavy (non-hydrogen) atoms. The number of carbonyl (C=O) groups is 2. The van der Waals surface area contributed by atoms with Crippen molar-refractivity contribution in [2.24, 2.45) is 28.6 Å². The van der Waals surface area contributed by atoms with Gasteiger partial charge in [-0.2, -0.15) is 0 Å². The van der Waals surface area contributed by atoms with E-state index < -0.39 is 0 Å². The summed E-state index contributed by atoms with van der Waals surface area (Å²) in [4.78, 5) is 26.2. The maximum Gasteiger partial charge on any atom is 0.226 e. The maximum atomic E-state index is 12.7. The van der Waals surface area contributed by atoms with Gasteiger partial charge in [-0.1, -0.05) is 19.4 Å². The van der Waals surface area contributed by atoms with Crippen LogP contribution in [0.15, 0.2) is 40.8 Å². The van der Waals surface area contributed by atoms with E-state index in [1.165, 1.54) is 10.5 Å². The molecule has 4 nitrogen and oxygen atoms in total. The van der Waals surface area contributed by atoms with Crippen LogP contribution in [0.2, 0.25) is 0 Å². The third kappa shape index (κ3) is 2.88. The van der Waals surface area contributed by atoms with Crippen LogP contribution >= 0.6 is 11.8 Å². The van der Waals surface area contributed by atoms with Crippen molar-refractivity contribution in [2.45, 2.75) is 56.1 Å². The minimum absolute atomic E-state index is 0.101. The molecule has 2 saturated carbocycles. The Morgan fingerprint density at radius 3 is 2.59 bits per heavy atom. The summed E-state index contributed by atoms with van der Waals surface area (Å²) in [5.41, 5.74) is 7.87. The smallest absolute Gasteiger partial charge is 0.226 e. The number of nitrogen functional groups attached to an aromatic ring is 1. The number of thioether (sulfide) groups is 1. The minimum atomic E-state index is -0.247. The van der Waals surface area contributed by atoms with Crippen molar-refractivity contribution in [3.05, 3.63) is 35.9 Å². The predicted octanol–water partition coefficient (Wildman–Crippen LogP) is 4.21. The van der Waals surface area contributed by atoms with Gasteiger partial charge in [-0.15, -0.1) is 11.8 Å². The van der Waals surface area contributed by atoms with Gasteiger partial charge >= 0.3 is 0 Å². The molecule has 4 aliphatic rings. The van der Waals surface area contributed by atoms with Crippen molar-refractivity contribution in [1.29, 1.82) is 0 Å². The molecule has 3 fully saturated rings. The maximum absolute atomic E-state index is 12.7. The number of hydrogen-bond donors (Lipinski definition) is 2. The number of fused-ring (bicyclic) bond motifs is 5. The molecule has 1 saturated heterocycles. The second-order valence-corrected chi connectivity index (χ2v) is 11.3. The molecule has 1 amide bonds. The van der Waals surface area contributed by atoms with Crippen LogP contribution < -0.4 is 11.1 Å². The Hall–Kier alpha value is -1.75. The topological polar surface area (TPSA) is 72.2 Å². The van der Waals surface area contributed by atoms with Crippen LogP contribution in [0.1, 0.15) is 46.0 Å². The molecule has 0 aromatic heterocycles. The highest BCUT2D eigenvalue weighted by atomic mass is 32.2. The van der Waals surface area contributed by atoms with Crippen molar-refractivity contribution in [1.82, 2.24) is 5.32 Å². The van der Waals surface area contributed by atoms with Crippen LogP contribution in [0.4, 0.5) is 5.69 Å². The second-order valence-electron chi connectivity index (χ2n) is 9.94. The van der Waals surface area contributed by atoms with E-state index in [9.17, 15) is 9.59 Å². The Morgan fingerprint density at radius 1 is 1.07 bits per heavy atom. The molecule has 0 spiro atoms. The standard InChI is InChI=1S/C24H30N2O2S/c1-23-9-7-16(27)11-14(23)12-20(29-17-5-3-15(25)4-6-17)21-18(23)8-10-24(2)19(21)13-26-22(24)28/h3-6,11,18-21H,7-10,12-13,25H2,1-2H3,(H,26,28)/t18-,19+,20?,21-,23+,24+/m1/s1. The van der Waals surface area contributed by atoms with Crippen LogP contribution in [0.3, 0.4) is 0 Å². The van der Waals surface area contributed by atoms with E-state index in [-0.39, 0.29) is 22.5 Å². The fourth-order valence-electron chi connectivity index (χ4n) is 6.73. The van der Waals surface area contributed by atoms with Crippen LogP contribution in [0.5, 0.6) is 0 Å². The quantitative estimate of drug-likeness (QED) is 0.717. The molecule has 6 atom stereocenters. The number of hydrogen-bond acceptors (Lipinski definition) is 4. The Morgan fingerprint density at radius 2 is 1.83 bits per heavy atom. The van der Waals surface area contributed by atoms with E-state index in [0.717, 1.165) is 37.9 Å². The third-order valence-corrected chi connectivity index (χ3v) is 9.85. The number of allylic oxidation sites excluding steroid dienone is 2. The first kappa shape index (κ1) is 19.2. The highest BCUT2D eigenvalue weighted by Gasteiger charge is 2.61. The lowest BCUT2D eigenvalue weighted by atomic mass is 9.47. The number of carbonyl (C=O) groups excluding carboxylic acids is 2. The molecule has 0 bridgehead atoms. The first-order valence-electron chi connectivity index (χ1n) is 10.9. The molecule has 1 aliphatic heterocycles. The highest BCUT2D eigenvalue weighted by molar-refractivity contribution is 8.00. The first-order valence-corrected chi connectivity index (χ1v) is 11.7. The summed E-state index contributed by atoms with van der Waals surface area (Å²) in [5.74, 6) is 1.90. The van der Waals surface area contributed by atoms with Crippen LogP contribution in [0.25, 0.3) is 0 Å². The number of ketones is 1. The largest absolute Gasteiger partial charge is 0.399 e. The summed E-state index contributed by atoms with van der Waals surface area (Å²) in [6, 6.07) is 8.12. The van der Waals surface area contributed by atoms with Gasteiger partial charge in [0.2, 0.25) is 5.91 Å². The van der Waals surface area contributed by atoms with Gasteiger partial charge in [0.05, 0.1) is 5.41 Å². The summed E-state index contributed by atoms with van der Waals surface area (Å²) in [6.07, 6.45) is 6.56. The minimum Gasteiger partial charge on any atom is -0.399 e. The molecule has 5 heteroatoms. The van der Waals surface area contributed by atoms with E-state index in [1.54, 1.807) is 0 Å². The molecule has 5 rings (SSSR count).